The molecule has 0 bridgehead atoms. The summed E-state index contributed by atoms with van der Waals surface area (Å²) >= 11 is 0. The van der Waals surface area contributed by atoms with E-state index in [9.17, 15) is 8.42 Å². The molecule has 0 aliphatic carbocycles. The second kappa shape index (κ2) is 12.6. The molecule has 0 unspecified atom stereocenters. The average molecular weight is 422 g/mol. The molecule has 7 nitrogen and oxygen atoms in total. The summed E-state index contributed by atoms with van der Waals surface area (Å²) in [6.45, 7) is 4.10. The summed E-state index contributed by atoms with van der Waals surface area (Å²) in [6, 6.07) is 0. The third kappa shape index (κ3) is 9.72. The number of halogens is 1. The van der Waals surface area contributed by atoms with Crippen LogP contribution in [0.1, 0.15) is 13.3 Å². The lowest BCUT2D eigenvalue weighted by molar-refractivity contribution is 0.203. The van der Waals surface area contributed by atoms with Gasteiger partial charge in [0.1, 0.15) is 0 Å². The zero-order valence-electron chi connectivity index (χ0n) is 12.7. The molecule has 0 radical (unpaired) electrons. The van der Waals surface area contributed by atoms with Crippen LogP contribution in [0, 0.1) is 0 Å². The van der Waals surface area contributed by atoms with Crippen LogP contribution in [-0.4, -0.2) is 71.9 Å². The van der Waals surface area contributed by atoms with Crippen molar-refractivity contribution >= 4 is 40.0 Å². The van der Waals surface area contributed by atoms with Crippen molar-refractivity contribution in [3.63, 3.8) is 0 Å². The smallest absolute Gasteiger partial charge is 0.213 e. The Hall–Kier alpha value is -0.130. The summed E-state index contributed by atoms with van der Waals surface area (Å²) in [4.78, 5) is 4.05. The lowest BCUT2D eigenvalue weighted by Crippen LogP contribution is -2.40. The van der Waals surface area contributed by atoms with Crippen LogP contribution in [0.15, 0.2) is 4.99 Å². The van der Waals surface area contributed by atoms with Gasteiger partial charge < -0.3 is 15.4 Å². The number of guanidine groups is 1. The molecule has 0 atom stereocenters. The number of nitrogens with one attached hydrogen (secondary N) is 2. The molecule has 0 rings (SSSR count). The van der Waals surface area contributed by atoms with E-state index in [0.29, 0.717) is 32.2 Å². The third-order valence-corrected chi connectivity index (χ3v) is 4.47. The van der Waals surface area contributed by atoms with Crippen LogP contribution in [0.2, 0.25) is 0 Å². The van der Waals surface area contributed by atoms with Crippen LogP contribution in [0.5, 0.6) is 0 Å². The van der Waals surface area contributed by atoms with Gasteiger partial charge in [-0.15, -0.1) is 24.0 Å². The summed E-state index contributed by atoms with van der Waals surface area (Å²) in [6.07, 6.45) is 0.723. The maximum Gasteiger partial charge on any atom is 0.213 e. The van der Waals surface area contributed by atoms with Crippen molar-refractivity contribution in [1.82, 2.24) is 14.9 Å². The minimum absolute atomic E-state index is 0. The van der Waals surface area contributed by atoms with Crippen LogP contribution >= 0.6 is 24.0 Å². The van der Waals surface area contributed by atoms with E-state index in [0.717, 1.165) is 6.42 Å². The molecule has 122 valence electrons. The molecule has 0 saturated carbocycles. The van der Waals surface area contributed by atoms with E-state index in [2.05, 4.69) is 15.6 Å². The minimum atomic E-state index is -3.08. The highest BCUT2D eigenvalue weighted by Crippen LogP contribution is 1.98. The maximum absolute atomic E-state index is 11.5. The Labute approximate surface area is 139 Å². The van der Waals surface area contributed by atoms with Crippen molar-refractivity contribution in [1.29, 1.82) is 0 Å². The highest BCUT2D eigenvalue weighted by molar-refractivity contribution is 14.0. The van der Waals surface area contributed by atoms with Gasteiger partial charge in [0.15, 0.2) is 5.96 Å². The third-order valence-electron chi connectivity index (χ3n) is 2.60. The normalized spacial score (nSPS) is 12.2. The number of hydrogen-bond donors (Lipinski definition) is 2. The van der Waals surface area contributed by atoms with Gasteiger partial charge in [0.2, 0.25) is 10.0 Å². The first kappa shape index (κ1) is 22.2. The highest BCUT2D eigenvalue weighted by Gasteiger charge is 2.13. The SMILES string of the molecule is CCS(=O)(=O)N(C)CCCNC(=NC)NCCOC.I. The van der Waals surface area contributed by atoms with Gasteiger partial charge in [0.05, 0.1) is 12.4 Å². The molecule has 0 amide bonds. The number of sulfonamides is 1. The van der Waals surface area contributed by atoms with E-state index in [4.69, 9.17) is 4.74 Å². The van der Waals surface area contributed by atoms with Gasteiger partial charge in [0, 0.05) is 40.8 Å². The molecule has 0 aliphatic heterocycles. The first-order chi connectivity index (χ1) is 8.97. The van der Waals surface area contributed by atoms with Gasteiger partial charge in [0.25, 0.3) is 0 Å². The van der Waals surface area contributed by atoms with E-state index in [-0.39, 0.29) is 29.7 Å². The van der Waals surface area contributed by atoms with E-state index in [1.165, 1.54) is 4.31 Å². The number of ether oxygens (including phenoxy) is 1. The van der Waals surface area contributed by atoms with E-state index in [1.807, 2.05) is 0 Å². The van der Waals surface area contributed by atoms with Crippen LogP contribution in [0.25, 0.3) is 0 Å². The lowest BCUT2D eigenvalue weighted by atomic mass is 10.4. The highest BCUT2D eigenvalue weighted by atomic mass is 127. The van der Waals surface area contributed by atoms with E-state index >= 15 is 0 Å². The standard InChI is InChI=1S/C11H26N4O3S.HI/c1-5-19(16,17)15(3)9-6-7-13-11(12-2)14-8-10-18-4;/h5-10H2,1-4H3,(H2,12,13,14);1H. The Balaban J connectivity index is 0. The average Bonchev–Trinajstić information content (AvgIpc) is 2.41. The number of aliphatic imine (C=N–C) groups is 1. The largest absolute Gasteiger partial charge is 0.383 e. The monoisotopic (exact) mass is 422 g/mol. The van der Waals surface area contributed by atoms with E-state index < -0.39 is 10.0 Å². The van der Waals surface area contributed by atoms with Gasteiger partial charge in [-0.25, -0.2) is 12.7 Å². The Morgan fingerprint density at radius 3 is 2.40 bits per heavy atom. The molecule has 0 saturated heterocycles. The molecular weight excluding hydrogens is 395 g/mol. The second-order valence-corrected chi connectivity index (χ2v) is 6.36. The lowest BCUT2D eigenvalue weighted by Gasteiger charge is -2.16. The molecule has 0 aliphatic rings. The van der Waals surface area contributed by atoms with Crippen molar-refractivity contribution in [2.75, 3.05) is 53.2 Å². The van der Waals surface area contributed by atoms with Crippen LogP contribution in [0.4, 0.5) is 0 Å². The zero-order valence-corrected chi connectivity index (χ0v) is 15.8. The molecule has 0 fully saturated rings. The Morgan fingerprint density at radius 1 is 1.30 bits per heavy atom. The first-order valence-electron chi connectivity index (χ1n) is 6.35. The molecule has 9 heteroatoms. The predicted octanol–water partition coefficient (Wildman–Crippen LogP) is 0.0874. The van der Waals surface area contributed by atoms with Crippen molar-refractivity contribution in [3.8, 4) is 0 Å². The molecule has 0 aromatic carbocycles. The maximum atomic E-state index is 11.5. The predicted molar refractivity (Wildman–Crippen MR) is 93.4 cm³/mol. The second-order valence-electron chi connectivity index (χ2n) is 3.99. The van der Waals surface area contributed by atoms with Crippen LogP contribution in [0.3, 0.4) is 0 Å². The summed E-state index contributed by atoms with van der Waals surface area (Å²) in [5, 5.41) is 6.20. The Bertz CT molecular complexity index is 363. The fourth-order valence-electron chi connectivity index (χ4n) is 1.36. The van der Waals surface area contributed by atoms with Gasteiger partial charge in [-0.3, -0.25) is 4.99 Å². The first-order valence-corrected chi connectivity index (χ1v) is 7.96. The quantitative estimate of drug-likeness (QED) is 0.238. The van der Waals surface area contributed by atoms with Gasteiger partial charge in [-0.2, -0.15) is 0 Å². The fraction of sp³-hybridized carbons (Fsp3) is 0.909. The molecule has 20 heavy (non-hydrogen) atoms. The molecule has 0 spiro atoms. The van der Waals surface area contributed by atoms with Gasteiger partial charge in [-0.05, 0) is 13.3 Å². The summed E-state index contributed by atoms with van der Waals surface area (Å²) < 4.78 is 29.3. The molecule has 0 aromatic rings. The Kier molecular flexibility index (Phi) is 14.0. The number of nitrogens with zero attached hydrogens (tertiary/aromatic N) is 2. The van der Waals surface area contributed by atoms with Crippen LogP contribution < -0.4 is 10.6 Å². The van der Waals surface area contributed by atoms with E-state index in [1.54, 1.807) is 28.1 Å². The zero-order chi connectivity index (χ0) is 14.7. The van der Waals surface area contributed by atoms with Crippen molar-refractivity contribution in [2.24, 2.45) is 4.99 Å². The number of hydrogen-bond acceptors (Lipinski definition) is 4. The Morgan fingerprint density at radius 2 is 1.90 bits per heavy atom. The topological polar surface area (TPSA) is 83.0 Å². The number of rotatable bonds is 9. The van der Waals surface area contributed by atoms with Gasteiger partial charge >= 0.3 is 0 Å². The van der Waals surface area contributed by atoms with Crippen molar-refractivity contribution < 1.29 is 13.2 Å². The molecule has 0 aromatic heterocycles. The van der Waals surface area contributed by atoms with Crippen molar-refractivity contribution in [3.05, 3.63) is 0 Å². The van der Waals surface area contributed by atoms with Gasteiger partial charge in [-0.1, -0.05) is 0 Å². The summed E-state index contributed by atoms with van der Waals surface area (Å²) in [5.41, 5.74) is 0. The fourth-order valence-corrected chi connectivity index (χ4v) is 2.21. The minimum Gasteiger partial charge on any atom is -0.383 e. The number of methoxy groups -OCH3 is 1. The summed E-state index contributed by atoms with van der Waals surface area (Å²) in [5.74, 6) is 0.829. The molecular formula is C11H27IN4O3S. The molecule has 0 heterocycles. The van der Waals surface area contributed by atoms with Crippen molar-refractivity contribution in [2.45, 2.75) is 13.3 Å². The molecule has 2 N–H and O–H groups in total. The summed E-state index contributed by atoms with van der Waals surface area (Å²) in [7, 11) is 1.85. The van der Waals surface area contributed by atoms with Crippen LogP contribution in [-0.2, 0) is 14.8 Å².